The largest absolute Gasteiger partial charge is 0.509 e. The van der Waals surface area contributed by atoms with Crippen molar-refractivity contribution in [2.24, 2.45) is 0 Å². The van der Waals surface area contributed by atoms with Crippen LogP contribution < -0.4 is 19.3 Å². The van der Waals surface area contributed by atoms with Gasteiger partial charge in [-0.2, -0.15) is 12.1 Å². The predicted octanol–water partition coefficient (Wildman–Crippen LogP) is 21.7. The summed E-state index contributed by atoms with van der Waals surface area (Å²) in [6.45, 7) is 14.1. The smallest absolute Gasteiger partial charge is 0.143 e. The molecule has 428 valence electrons. The fourth-order valence-electron chi connectivity index (χ4n) is 10.8. The van der Waals surface area contributed by atoms with E-state index in [9.17, 15) is 2.74 Å². The molecule has 1 aliphatic rings. The topological polar surface area (TPSA) is 42.8 Å². The summed E-state index contributed by atoms with van der Waals surface area (Å²) < 4.78 is 192. The van der Waals surface area contributed by atoms with Gasteiger partial charge in [0.1, 0.15) is 17.3 Å². The summed E-state index contributed by atoms with van der Waals surface area (Å²) in [6, 6.07) is 37.0. The summed E-state index contributed by atoms with van der Waals surface area (Å²) in [5, 5.41) is 1.13. The third-order valence-electron chi connectivity index (χ3n) is 15.1. The molecule has 0 unspecified atom stereocenters. The quantitative estimate of drug-likeness (QED) is 0.114. The first-order valence-electron chi connectivity index (χ1n) is 37.8. The van der Waals surface area contributed by atoms with Gasteiger partial charge in [0, 0.05) is 89.7 Å². The van der Waals surface area contributed by atoms with E-state index in [1.54, 1.807) is 112 Å². The van der Waals surface area contributed by atoms with Crippen LogP contribution in [0.15, 0.2) is 267 Å². The molecule has 2 aromatic heterocycles. The van der Waals surface area contributed by atoms with Gasteiger partial charge in [0.2, 0.25) is 0 Å². The molecule has 87 heavy (non-hydrogen) atoms. The van der Waals surface area contributed by atoms with Gasteiger partial charge in [0.15, 0.2) is 0 Å². The standard InChI is InChI=1S/C80H63N4O2.Pt/c1-79(2,3)60-40-37-58(38-41-60)70-49-61(80(4,5)6)48-69(57-29-17-10-18-30-57)78(70)86-65-45-46-81-76(52-65)84-72-44-39-59(54-23-11-7-12-24-54)47-71(72)68-43-42-64(51-75(68)84)85-63-32-21-31-62(50-63)82-53-83(74-36-20-19-35-73(74)82)77-66(55-25-13-8-14-26-55)33-22-34-67(77)56-27-15-9-16-28-56;/h7-49,52-53H,1-6H3;/q-3;/i7D,8D,9D,10D,11D,12D,13D,14D,15D,16D,17D,18D,23D,24D,25D,26D,27D,28D,29D,30D;. The minimum atomic E-state index is -0.623. The summed E-state index contributed by atoms with van der Waals surface area (Å²) in [7, 11) is 0. The van der Waals surface area contributed by atoms with Crippen molar-refractivity contribution in [3.8, 4) is 84.5 Å². The molecule has 0 amide bonds. The van der Waals surface area contributed by atoms with Crippen LogP contribution in [-0.4, -0.2) is 9.55 Å². The van der Waals surface area contributed by atoms with Crippen molar-refractivity contribution in [1.82, 2.24) is 9.55 Å². The molecule has 1 aliphatic heterocycles. The monoisotopic (exact) mass is 1330 g/mol. The summed E-state index contributed by atoms with van der Waals surface area (Å²) in [5.41, 5.74) is 5.21. The van der Waals surface area contributed by atoms with Crippen molar-refractivity contribution in [2.75, 3.05) is 9.80 Å². The minimum Gasteiger partial charge on any atom is -0.509 e. The molecule has 6 nitrogen and oxygen atoms in total. The molecular weight excluding hydrogens is 1240 g/mol. The van der Waals surface area contributed by atoms with E-state index < -0.39 is 126 Å². The SMILES string of the molecule is [2H]c1c([2H])c([2H])c(-c2ccc3c(c2)c2ccc(Oc4[c-]c(N5[CH-]N(c6c(-c7c([2H])c([2H])c([2H])c([2H])c7[2H])cccc6-c6c([2H])c([2H])c([2H])c([2H])c6[2H])c6ccccc65)ccc4)[c-]c2n3-c2cc(Oc3c(-c4ccc(C(C)(C)C)cc4)cc(C(C)(C)C)cc3-c3c([2H])c([2H])c([2H])c([2H])c3[2H])ccn2)c([2H])c1[2H].[Pt]. The van der Waals surface area contributed by atoms with Crippen LogP contribution in [0, 0.1) is 18.8 Å². The molecular formula is C80H63N4O2Pt-3. The van der Waals surface area contributed by atoms with Crippen molar-refractivity contribution in [3.63, 3.8) is 0 Å². The Kier molecular flexibility index (Phi) is 10.1. The van der Waals surface area contributed by atoms with Crippen molar-refractivity contribution in [2.45, 2.75) is 52.4 Å². The molecule has 11 aromatic carbocycles. The van der Waals surface area contributed by atoms with Gasteiger partial charge in [-0.15, -0.1) is 48.1 Å². The number of hydrogen-bond acceptors (Lipinski definition) is 5. The van der Waals surface area contributed by atoms with Gasteiger partial charge in [-0.25, -0.2) is 4.98 Å². The van der Waals surface area contributed by atoms with Crippen molar-refractivity contribution in [3.05, 3.63) is 296 Å². The fourth-order valence-corrected chi connectivity index (χ4v) is 10.8. The summed E-state index contributed by atoms with van der Waals surface area (Å²) >= 11 is 0. The summed E-state index contributed by atoms with van der Waals surface area (Å²) in [5.74, 6) is 1.05. The molecule has 0 atom stereocenters. The Hall–Kier alpha value is -9.74. The molecule has 3 heterocycles. The Bertz CT molecular complexity index is 5690. The third-order valence-corrected chi connectivity index (χ3v) is 15.1. The van der Waals surface area contributed by atoms with Crippen LogP contribution in [0.5, 0.6) is 23.0 Å². The number of anilines is 4. The average molecular weight is 1330 g/mol. The number of para-hydroxylation sites is 3. The number of ether oxygens (including phenoxy) is 2. The molecule has 0 saturated heterocycles. The molecule has 0 spiro atoms. The second-order valence-corrected chi connectivity index (χ2v) is 22.6. The Balaban J connectivity index is 0.0000101. The first-order valence-corrected chi connectivity index (χ1v) is 27.8. The maximum Gasteiger partial charge on any atom is 0.143 e. The zero-order valence-corrected chi connectivity index (χ0v) is 50.1. The minimum absolute atomic E-state index is 0. The number of nitrogens with zero attached hydrogens (tertiary/aromatic N) is 4. The Morgan fingerprint density at radius 2 is 1.00 bits per heavy atom. The number of aromatic nitrogens is 2. The maximum atomic E-state index is 9.31. The van der Waals surface area contributed by atoms with Crippen LogP contribution >= 0.6 is 0 Å². The van der Waals surface area contributed by atoms with Crippen LogP contribution in [0.3, 0.4) is 0 Å². The molecule has 14 rings (SSSR count). The van der Waals surface area contributed by atoms with E-state index in [-0.39, 0.29) is 99.9 Å². The van der Waals surface area contributed by atoms with Crippen molar-refractivity contribution in [1.29, 1.82) is 0 Å². The number of benzene rings is 11. The number of fused-ring (bicyclic) bond motifs is 4. The van der Waals surface area contributed by atoms with E-state index >= 15 is 0 Å². The van der Waals surface area contributed by atoms with Gasteiger partial charge < -0.3 is 23.8 Å². The summed E-state index contributed by atoms with van der Waals surface area (Å²) in [4.78, 5) is 8.36. The molecule has 13 aromatic rings. The fraction of sp³-hybridized carbons (Fsp3) is 0.100. The second-order valence-electron chi connectivity index (χ2n) is 22.6. The van der Waals surface area contributed by atoms with Crippen molar-refractivity contribution >= 4 is 44.6 Å². The summed E-state index contributed by atoms with van der Waals surface area (Å²) in [6.07, 6.45) is 1.54. The normalized spacial score (nSPS) is 15.5. The molecule has 7 heteroatoms. The van der Waals surface area contributed by atoms with E-state index in [4.69, 9.17) is 39.1 Å². The van der Waals surface area contributed by atoms with Crippen LogP contribution in [-0.2, 0) is 31.9 Å². The van der Waals surface area contributed by atoms with Gasteiger partial charge >= 0.3 is 0 Å². The Morgan fingerprint density at radius 1 is 0.448 bits per heavy atom. The van der Waals surface area contributed by atoms with E-state index in [0.29, 0.717) is 50.0 Å². The Labute approximate surface area is 553 Å². The van der Waals surface area contributed by atoms with Crippen LogP contribution in [0.2, 0.25) is 0 Å². The molecule has 0 N–H and O–H groups in total. The Morgan fingerprint density at radius 3 is 1.62 bits per heavy atom. The molecule has 0 bridgehead atoms. The average Bonchev–Trinajstić information content (AvgIpc) is 1.70. The first-order chi connectivity index (χ1) is 50.2. The predicted molar refractivity (Wildman–Crippen MR) is 355 cm³/mol. The van der Waals surface area contributed by atoms with Crippen LogP contribution in [0.1, 0.15) is 80.1 Å². The van der Waals surface area contributed by atoms with Gasteiger partial charge in [-0.3, -0.25) is 0 Å². The number of rotatable bonds is 12. The number of hydrogen-bond donors (Lipinski definition) is 0. The second kappa shape index (κ2) is 23.3. The zero-order chi connectivity index (χ0) is 75.9. The van der Waals surface area contributed by atoms with Gasteiger partial charge in [-0.05, 0) is 97.1 Å². The van der Waals surface area contributed by atoms with E-state index in [2.05, 4.69) is 32.9 Å². The van der Waals surface area contributed by atoms with E-state index in [1.165, 1.54) is 12.3 Å². The zero-order valence-electron chi connectivity index (χ0n) is 67.9. The van der Waals surface area contributed by atoms with Crippen molar-refractivity contribution < 1.29 is 58.0 Å². The van der Waals surface area contributed by atoms with Gasteiger partial charge in [-0.1, -0.05) is 235 Å². The van der Waals surface area contributed by atoms with E-state index in [0.717, 1.165) is 16.7 Å². The van der Waals surface area contributed by atoms with Gasteiger partial charge in [0.05, 0.1) is 27.4 Å². The molecule has 0 fully saturated rings. The maximum absolute atomic E-state index is 9.31. The molecule has 0 radical (unpaired) electrons. The first kappa shape index (κ1) is 37.6. The molecule has 0 saturated carbocycles. The molecule has 0 aliphatic carbocycles. The van der Waals surface area contributed by atoms with Crippen LogP contribution in [0.25, 0.3) is 83.3 Å². The number of pyridine rings is 1. The van der Waals surface area contributed by atoms with Crippen LogP contribution in [0.4, 0.5) is 22.7 Å². The van der Waals surface area contributed by atoms with E-state index in [1.807, 2.05) is 63.2 Å². The third kappa shape index (κ3) is 11.0. The van der Waals surface area contributed by atoms with Gasteiger partial charge in [0.25, 0.3) is 0 Å².